The van der Waals surface area contributed by atoms with Gasteiger partial charge in [0.1, 0.15) is 0 Å². The van der Waals surface area contributed by atoms with Crippen molar-refractivity contribution in [3.8, 4) is 0 Å². The van der Waals surface area contributed by atoms with Crippen LogP contribution in [0.4, 0.5) is 0 Å². The van der Waals surface area contributed by atoms with E-state index in [1.165, 1.54) is 5.33 Å². The minimum absolute atomic E-state index is 0.545. The summed E-state index contributed by atoms with van der Waals surface area (Å²) in [5.74, 6) is 0.545. The van der Waals surface area contributed by atoms with E-state index in [2.05, 4.69) is 58.0 Å². The monoisotopic (exact) mass is 276 g/mol. The van der Waals surface area contributed by atoms with Crippen LogP contribution in [0, 0.1) is 5.33 Å². The van der Waals surface area contributed by atoms with Crippen LogP contribution >= 0.6 is 0 Å². The Labute approximate surface area is 117 Å². The number of aliphatic hydroxyl groups is 1. The van der Waals surface area contributed by atoms with Crippen LogP contribution < -0.4 is 9.59 Å². The van der Waals surface area contributed by atoms with E-state index < -0.39 is 8.07 Å². The van der Waals surface area contributed by atoms with E-state index in [-0.39, 0.29) is 0 Å². The van der Waals surface area contributed by atoms with E-state index in [1.54, 1.807) is 0 Å². The van der Waals surface area contributed by atoms with Crippen LogP contribution in [0.5, 0.6) is 0 Å². The zero-order valence-corrected chi connectivity index (χ0v) is 13.9. The molecule has 0 aliphatic carbocycles. The van der Waals surface area contributed by atoms with Crippen LogP contribution in [-0.4, -0.2) is 13.2 Å². The summed E-state index contributed by atoms with van der Waals surface area (Å²) in [6.45, 7) is 14.0. The fraction of sp³-hybridized carbons (Fsp3) is 0.562. The maximum absolute atomic E-state index is 10.5. The van der Waals surface area contributed by atoms with Crippen LogP contribution in [0.1, 0.15) is 41.5 Å². The van der Waals surface area contributed by atoms with Crippen molar-refractivity contribution in [1.82, 2.24) is 0 Å². The third-order valence-electron chi connectivity index (χ3n) is 4.84. The molecule has 1 aliphatic heterocycles. The number of rotatable bonds is 4. The Morgan fingerprint density at radius 2 is 1.47 bits per heavy atom. The van der Waals surface area contributed by atoms with Crippen LogP contribution in [0.15, 0.2) is 24.4 Å². The van der Waals surface area contributed by atoms with Crippen LogP contribution in [-0.2, 0) is 0 Å². The highest BCUT2D eigenvalue weighted by molar-refractivity contribution is 6.88. The summed E-state index contributed by atoms with van der Waals surface area (Å²) in [4.78, 5) is 0. The zero-order chi connectivity index (χ0) is 14.4. The minimum atomic E-state index is -1.77. The van der Waals surface area contributed by atoms with Gasteiger partial charge < -0.3 is 5.11 Å². The van der Waals surface area contributed by atoms with Gasteiger partial charge in [-0.15, -0.1) is 0 Å². The van der Waals surface area contributed by atoms with Crippen LogP contribution in [0.2, 0.25) is 16.6 Å². The molecule has 2 heterocycles. The number of aromatic nitrogens is 1. The second-order valence-corrected chi connectivity index (χ2v) is 12.4. The van der Waals surface area contributed by atoms with Gasteiger partial charge in [-0.2, -0.15) is 4.24 Å². The molecular weight excluding hydrogens is 250 g/mol. The topological polar surface area (TPSA) is 26.1 Å². The van der Waals surface area contributed by atoms with Crippen molar-refractivity contribution in [3.63, 3.8) is 0 Å². The molecule has 0 bridgehead atoms. The first-order chi connectivity index (χ1) is 8.85. The molecule has 0 radical (unpaired) electrons. The predicted molar refractivity (Wildman–Crippen MR) is 82.0 cm³/mol. The van der Waals surface area contributed by atoms with E-state index in [1.807, 2.05) is 12.1 Å². The van der Waals surface area contributed by atoms with Crippen molar-refractivity contribution in [2.45, 2.75) is 58.2 Å². The average Bonchev–Trinajstić information content (AvgIpc) is 2.33. The molecule has 0 amide bonds. The van der Waals surface area contributed by atoms with E-state index in [0.29, 0.717) is 22.4 Å². The Bertz CT molecular complexity index is 580. The third-order valence-corrected chi connectivity index (χ3v) is 11.9. The quantitative estimate of drug-likeness (QED) is 0.663. The van der Waals surface area contributed by atoms with Crippen molar-refractivity contribution in [2.24, 2.45) is 0 Å². The molecule has 2 rings (SSSR count). The molecule has 0 atom stereocenters. The maximum Gasteiger partial charge on any atom is 0.258 e. The van der Waals surface area contributed by atoms with E-state index >= 15 is 0 Å². The van der Waals surface area contributed by atoms with Gasteiger partial charge in [-0.05, 0) is 22.7 Å². The first-order valence-electron chi connectivity index (χ1n) is 7.30. The van der Waals surface area contributed by atoms with Crippen molar-refractivity contribution in [1.29, 1.82) is 0 Å². The number of hydrogen-bond donors (Lipinski definition) is 1. The minimum Gasteiger partial charge on any atom is -0.498 e. The van der Waals surface area contributed by atoms with Crippen molar-refractivity contribution < 1.29 is 9.35 Å². The van der Waals surface area contributed by atoms with Gasteiger partial charge in [-0.3, -0.25) is 0 Å². The average molecular weight is 276 g/mol. The predicted octanol–water partition coefficient (Wildman–Crippen LogP) is 3.25. The molecule has 0 unspecified atom stereocenters. The number of nitrogens with zero attached hydrogens (tertiary/aromatic N) is 1. The number of fused-ring (bicyclic) bond motifs is 1. The molecule has 0 spiro atoms. The molecule has 2 nitrogen and oxygen atoms in total. The summed E-state index contributed by atoms with van der Waals surface area (Å²) in [6, 6.07) is 6.04. The van der Waals surface area contributed by atoms with Gasteiger partial charge in [0.15, 0.2) is 14.3 Å². The Morgan fingerprint density at radius 1 is 0.947 bits per heavy atom. The van der Waals surface area contributed by atoms with E-state index in [9.17, 15) is 5.11 Å². The lowest BCUT2D eigenvalue weighted by molar-refractivity contribution is -0.545. The maximum atomic E-state index is 10.5. The second kappa shape index (κ2) is 4.78. The van der Waals surface area contributed by atoms with Crippen molar-refractivity contribution in [2.75, 3.05) is 0 Å². The molecule has 1 aromatic heterocycles. The lowest BCUT2D eigenvalue weighted by atomic mass is 10.3. The highest BCUT2D eigenvalue weighted by atomic mass is 28.3. The molecular formula is C16H26NOSi+. The summed E-state index contributed by atoms with van der Waals surface area (Å²) in [6.07, 6.45) is 2.10. The van der Waals surface area contributed by atoms with Gasteiger partial charge in [0.05, 0.1) is 0 Å². The Kier molecular flexibility index (Phi) is 3.60. The van der Waals surface area contributed by atoms with Crippen molar-refractivity contribution in [3.05, 3.63) is 35.1 Å². The molecule has 0 fully saturated rings. The van der Waals surface area contributed by atoms with Crippen LogP contribution in [0.3, 0.4) is 0 Å². The SMILES string of the molecule is CC(C)[Si](C1=[n+]2ccccc2=C1O)(C(C)C)C(C)C. The standard InChI is InChI=1S/C16H25NOSi/c1-11(2)19(12(3)4,13(5)6)16-15(18)14-9-7-8-10-17(14)16/h7-13H,1-6H3/p+1. The highest BCUT2D eigenvalue weighted by Gasteiger charge is 2.56. The summed E-state index contributed by atoms with van der Waals surface area (Å²) < 4.78 is 2.22. The Morgan fingerprint density at radius 3 is 1.95 bits per heavy atom. The Hall–Kier alpha value is -1.09. The molecule has 1 aromatic rings. The number of pyridine rings is 1. The van der Waals surface area contributed by atoms with Gasteiger partial charge in [0, 0.05) is 12.1 Å². The summed E-state index contributed by atoms with van der Waals surface area (Å²) in [5, 5.41) is 12.7. The summed E-state index contributed by atoms with van der Waals surface area (Å²) in [5.41, 5.74) is 1.85. The molecule has 104 valence electrons. The summed E-state index contributed by atoms with van der Waals surface area (Å²) >= 11 is 0. The molecule has 1 aliphatic rings. The van der Waals surface area contributed by atoms with Crippen molar-refractivity contribution >= 4 is 13.8 Å². The van der Waals surface area contributed by atoms with Gasteiger partial charge in [-0.25, -0.2) is 0 Å². The number of aliphatic hydroxyl groups excluding tert-OH is 1. The molecule has 0 saturated heterocycles. The molecule has 3 heteroatoms. The lowest BCUT2D eigenvalue weighted by Gasteiger charge is -2.40. The third kappa shape index (κ3) is 1.78. The first kappa shape index (κ1) is 14.3. The van der Waals surface area contributed by atoms with Gasteiger partial charge in [0.25, 0.3) is 11.1 Å². The fourth-order valence-electron chi connectivity index (χ4n) is 4.25. The van der Waals surface area contributed by atoms with Gasteiger partial charge in [0.2, 0.25) is 5.33 Å². The normalized spacial score (nSPS) is 15.2. The smallest absolute Gasteiger partial charge is 0.258 e. The molecule has 19 heavy (non-hydrogen) atoms. The second-order valence-electron chi connectivity index (χ2n) is 6.55. The number of hydrogen-bond acceptors (Lipinski definition) is 1. The van der Waals surface area contributed by atoms with E-state index in [0.717, 1.165) is 5.35 Å². The molecule has 1 N–H and O–H groups in total. The molecule has 0 aromatic carbocycles. The first-order valence-corrected chi connectivity index (χ1v) is 9.53. The summed E-state index contributed by atoms with van der Waals surface area (Å²) in [7, 11) is -1.77. The fourth-order valence-corrected chi connectivity index (χ4v) is 11.0. The van der Waals surface area contributed by atoms with Gasteiger partial charge in [-0.1, -0.05) is 41.5 Å². The van der Waals surface area contributed by atoms with Crippen LogP contribution in [0.25, 0.3) is 5.76 Å². The largest absolute Gasteiger partial charge is 0.498 e. The highest BCUT2D eigenvalue weighted by Crippen LogP contribution is 2.46. The molecule has 0 saturated carbocycles. The van der Waals surface area contributed by atoms with E-state index in [4.69, 9.17) is 0 Å². The Balaban J connectivity index is 2.76. The lowest BCUT2D eigenvalue weighted by Crippen LogP contribution is -2.63. The van der Waals surface area contributed by atoms with Gasteiger partial charge >= 0.3 is 0 Å². The zero-order valence-electron chi connectivity index (χ0n) is 12.9.